The summed E-state index contributed by atoms with van der Waals surface area (Å²) in [5, 5.41) is 94.4. The van der Waals surface area contributed by atoms with Crippen LogP contribution in [0.15, 0.2) is 164 Å². The van der Waals surface area contributed by atoms with Gasteiger partial charge in [0.1, 0.15) is 70.8 Å². The number of esters is 2. The molecule has 9 aromatic rings. The number of carboxylic acid groups (broad SMARTS) is 1. The van der Waals surface area contributed by atoms with Crippen molar-refractivity contribution in [3.63, 3.8) is 0 Å². The SMILES string of the molecule is C.C.C.COC(=O)c1cc(O)cc(-c2ccc(C)cc2C#N)c1.COC(=O)c1cc(OC2CN(C(=O)OC(C)(C)C)CC2O)cc(-c2ccc(C)cc2C#N)c1.Cc1ccc(-c2cc(OC3CN(C(=O)OC(C)(C)C)CC3O)cc(C(=O)O)c2)c(C#N)c1.Cc1ccc(-c2cc(OC3CNCC3O)cc(C(=O)N[C@H](C)c3ccc(C)nc3)c2)c(C#N)c1. The lowest BCUT2D eigenvalue weighted by Gasteiger charge is -2.24. The Balaban J connectivity index is 0.000000254. The van der Waals surface area contributed by atoms with E-state index in [1.54, 1.807) is 121 Å². The number of nitrogens with zero attached hydrogens (tertiary/aromatic N) is 7. The number of pyridine rings is 1. The van der Waals surface area contributed by atoms with Gasteiger partial charge in [0.15, 0.2) is 0 Å². The van der Waals surface area contributed by atoms with Crippen LogP contribution in [0.1, 0.15) is 174 Å². The van der Waals surface area contributed by atoms with Crippen molar-refractivity contribution >= 4 is 36.0 Å². The van der Waals surface area contributed by atoms with Crippen LogP contribution < -0.4 is 24.8 Å². The Kier molecular flexibility index (Phi) is 34.1. The number of amides is 3. The van der Waals surface area contributed by atoms with Gasteiger partial charge in [-0.15, -0.1) is 0 Å². The zero-order valence-corrected chi connectivity index (χ0v) is 68.5. The Bertz CT molecular complexity index is 5460. The lowest BCUT2D eigenvalue weighted by Crippen LogP contribution is -2.36. The van der Waals surface area contributed by atoms with Gasteiger partial charge in [-0.1, -0.05) is 76.9 Å². The van der Waals surface area contributed by atoms with Crippen LogP contribution in [0.2, 0.25) is 0 Å². The van der Waals surface area contributed by atoms with Crippen LogP contribution in [-0.4, -0.2) is 178 Å². The minimum Gasteiger partial charge on any atom is -0.508 e. The molecule has 4 heterocycles. The minimum atomic E-state index is -1.15. The molecule has 640 valence electrons. The molecule has 3 amide bonds. The molecule has 1 aromatic heterocycles. The zero-order valence-electron chi connectivity index (χ0n) is 68.5. The molecule has 3 fully saturated rings. The molecular weight excluding hydrogens is 1560 g/mol. The number of aromatic nitrogens is 1. The molecule has 12 rings (SSSR count). The first-order valence-electron chi connectivity index (χ1n) is 38.0. The van der Waals surface area contributed by atoms with Crippen LogP contribution >= 0.6 is 0 Å². The molecule has 0 spiro atoms. The lowest BCUT2D eigenvalue weighted by molar-refractivity contribution is 0.0259. The molecule has 8 aromatic carbocycles. The minimum absolute atomic E-state index is 0. The quantitative estimate of drug-likeness (QED) is 0.0349. The van der Waals surface area contributed by atoms with E-state index >= 15 is 0 Å². The van der Waals surface area contributed by atoms with Crippen molar-refractivity contribution in [2.75, 3.05) is 53.5 Å². The van der Waals surface area contributed by atoms with Gasteiger partial charge in [0.2, 0.25) is 0 Å². The Hall–Kier alpha value is -13.7. The molecular formula is C95H107N9O18. The number of phenols is 1. The van der Waals surface area contributed by atoms with Gasteiger partial charge in [-0.3, -0.25) is 9.78 Å². The highest BCUT2D eigenvalue weighted by atomic mass is 16.6. The number of benzene rings is 8. The lowest BCUT2D eigenvalue weighted by atomic mass is 9.96. The number of likely N-dealkylation sites (tertiary alicyclic amines) is 2. The molecule has 3 saturated heterocycles. The maximum Gasteiger partial charge on any atom is 0.410 e. The second-order valence-corrected chi connectivity index (χ2v) is 31.0. The predicted molar refractivity (Wildman–Crippen MR) is 461 cm³/mol. The summed E-state index contributed by atoms with van der Waals surface area (Å²) in [6, 6.07) is 53.1. The molecule has 3 aliphatic heterocycles. The van der Waals surface area contributed by atoms with E-state index in [0.717, 1.165) is 33.5 Å². The van der Waals surface area contributed by atoms with Crippen molar-refractivity contribution < 1.29 is 87.5 Å². The number of nitrogens with one attached hydrogen (secondary N) is 2. The first kappa shape index (κ1) is 97.2. The molecule has 0 radical (unpaired) electrons. The molecule has 3 aliphatic rings. The average Bonchev–Trinajstić information content (AvgIpc) is 1.04. The van der Waals surface area contributed by atoms with Gasteiger partial charge in [0, 0.05) is 30.5 Å². The van der Waals surface area contributed by atoms with Crippen LogP contribution in [0.5, 0.6) is 23.0 Å². The Morgan fingerprint density at radius 3 is 1.18 bits per heavy atom. The number of aliphatic hydroxyl groups excluding tert-OH is 3. The molecule has 7 N–H and O–H groups in total. The number of methoxy groups -OCH3 is 2. The van der Waals surface area contributed by atoms with Crippen LogP contribution in [0.25, 0.3) is 44.5 Å². The maximum atomic E-state index is 13.2. The van der Waals surface area contributed by atoms with Gasteiger partial charge in [0.25, 0.3) is 5.91 Å². The molecule has 0 saturated carbocycles. The van der Waals surface area contributed by atoms with Gasteiger partial charge in [-0.25, -0.2) is 24.0 Å². The highest BCUT2D eigenvalue weighted by molar-refractivity contribution is 5.97. The number of carbonyl (C=O) groups excluding carboxylic acids is 5. The second kappa shape index (κ2) is 42.8. The van der Waals surface area contributed by atoms with Gasteiger partial charge >= 0.3 is 30.1 Å². The summed E-state index contributed by atoms with van der Waals surface area (Å²) < 4.78 is 38.2. The van der Waals surface area contributed by atoms with E-state index in [9.17, 15) is 75.3 Å². The fraction of sp³-hybridized carbons (Fsp3) is 0.337. The van der Waals surface area contributed by atoms with Crippen molar-refractivity contribution in [3.8, 4) is 91.8 Å². The molecule has 6 unspecified atom stereocenters. The molecule has 0 bridgehead atoms. The van der Waals surface area contributed by atoms with E-state index in [0.29, 0.717) is 96.9 Å². The summed E-state index contributed by atoms with van der Waals surface area (Å²) >= 11 is 0. The molecule has 7 atom stereocenters. The maximum absolute atomic E-state index is 13.2. The van der Waals surface area contributed by atoms with Crippen LogP contribution in [-0.2, 0) is 18.9 Å². The Labute approximate surface area is 712 Å². The monoisotopic (exact) mass is 1660 g/mol. The highest BCUT2D eigenvalue weighted by Crippen LogP contribution is 2.37. The zero-order chi connectivity index (χ0) is 86.9. The summed E-state index contributed by atoms with van der Waals surface area (Å²) in [5.41, 5.74) is 12.0. The third-order valence-corrected chi connectivity index (χ3v) is 19.0. The third-order valence-electron chi connectivity index (χ3n) is 19.0. The number of aromatic hydroxyl groups is 1. The summed E-state index contributed by atoms with van der Waals surface area (Å²) in [6.07, 6.45) is -3.76. The first-order chi connectivity index (χ1) is 56.3. The van der Waals surface area contributed by atoms with Gasteiger partial charge in [-0.05, 0) is 259 Å². The second-order valence-electron chi connectivity index (χ2n) is 31.0. The number of hydrogen-bond donors (Lipinski definition) is 7. The number of β-amino-alcohol motifs (C(OH)–C–C–N with tert-alkyl or cyclic N) is 3. The Morgan fingerprint density at radius 1 is 0.467 bits per heavy atom. The van der Waals surface area contributed by atoms with E-state index in [1.165, 1.54) is 54.4 Å². The number of nitriles is 4. The van der Waals surface area contributed by atoms with Crippen molar-refractivity contribution in [3.05, 3.63) is 242 Å². The van der Waals surface area contributed by atoms with Crippen LogP contribution in [0.4, 0.5) is 9.59 Å². The molecule has 27 heteroatoms. The fourth-order valence-electron chi connectivity index (χ4n) is 13.1. The van der Waals surface area contributed by atoms with Crippen LogP contribution in [0.3, 0.4) is 0 Å². The average molecular weight is 1660 g/mol. The largest absolute Gasteiger partial charge is 0.508 e. The van der Waals surface area contributed by atoms with Crippen LogP contribution in [0, 0.1) is 79.9 Å². The smallest absolute Gasteiger partial charge is 0.410 e. The van der Waals surface area contributed by atoms with E-state index in [-0.39, 0.29) is 88.6 Å². The topological polar surface area (TPSA) is 407 Å². The number of hydrogen-bond acceptors (Lipinski definition) is 23. The molecule has 27 nitrogen and oxygen atoms in total. The number of carboxylic acids is 1. The normalized spacial score (nSPS) is 16.3. The van der Waals surface area contributed by atoms with Gasteiger partial charge < -0.3 is 79.1 Å². The summed E-state index contributed by atoms with van der Waals surface area (Å²) in [7, 11) is 2.56. The highest BCUT2D eigenvalue weighted by Gasteiger charge is 2.40. The van der Waals surface area contributed by atoms with Crippen molar-refractivity contribution in [1.29, 1.82) is 21.0 Å². The standard InChI is InChI=1S/C27H28N4O3.C25H28N2O6.C24H26N2O6.C16H13NO3.3CH4/c1-16-4-7-24(22(8-16)12-28)20-9-21(11-23(10-20)34-26-15-29-14-25(26)32)27(33)31-18(3)19-6-5-17(2)30-13-19;1-15-6-7-20(18(8-15)12-26)16-9-17(23(29)31-5)11-19(10-16)32-22-14-27(13-21(22)28)24(30)33-25(2,3)4;1-14-5-6-19(17(7-14)11-25)15-8-16(22(28)29)10-18(9-15)31-21-13-26(12-20(21)27)23(30)32-24(2,3)4;1-10-3-4-15(13(5-10)9-17)11-6-12(16(19)20-2)8-14(18)7-11;;;/h4-11,13,18,25-26,29,32H,14-15H2,1-3H3,(H,31,33);6-11,21-22,28H,13-14H2,1-5H3;5-10,20-21,27H,12-13H2,1-4H3,(H,28,29);3-8,18H,1-2H3;3*1H4/t18-,25?,26?;;;;;;/m1....../s1. The van der Waals surface area contributed by atoms with Crippen molar-refractivity contribution in [1.82, 2.24) is 25.4 Å². The summed E-state index contributed by atoms with van der Waals surface area (Å²) in [4.78, 5) is 80.5. The van der Waals surface area contributed by atoms with Crippen molar-refractivity contribution in [2.45, 2.75) is 159 Å². The van der Waals surface area contributed by atoms with E-state index in [2.05, 4.69) is 44.6 Å². The molecule has 122 heavy (non-hydrogen) atoms. The predicted octanol–water partition coefficient (Wildman–Crippen LogP) is 15.6. The van der Waals surface area contributed by atoms with Crippen molar-refractivity contribution in [2.24, 2.45) is 0 Å². The number of aliphatic hydroxyl groups is 3. The first-order valence-corrected chi connectivity index (χ1v) is 38.0. The fourth-order valence-corrected chi connectivity index (χ4v) is 13.1. The van der Waals surface area contributed by atoms with E-state index < -0.39 is 77.9 Å². The van der Waals surface area contributed by atoms with E-state index in [4.69, 9.17) is 28.4 Å². The summed E-state index contributed by atoms with van der Waals surface area (Å²) in [5.74, 6) is -1.56. The number of rotatable bonds is 16. The van der Waals surface area contributed by atoms with Gasteiger partial charge in [-0.2, -0.15) is 21.0 Å². The Morgan fingerprint density at radius 2 is 0.828 bits per heavy atom. The van der Waals surface area contributed by atoms with E-state index in [1.807, 2.05) is 96.1 Å². The summed E-state index contributed by atoms with van der Waals surface area (Å²) in [6.45, 7) is 23.3. The third kappa shape index (κ3) is 26.2. The van der Waals surface area contributed by atoms with Gasteiger partial charge in [0.05, 0.1) is 110 Å². The number of aryl methyl sites for hydroxylation is 5. The number of phenolic OH excluding ortho intramolecular Hbond substituents is 1. The number of ether oxygens (including phenoxy) is 7. The molecule has 0 aliphatic carbocycles. The number of carbonyl (C=O) groups is 6. The number of aromatic carboxylic acids is 1.